The number of aliphatic carboxylic acids is 1. The summed E-state index contributed by atoms with van der Waals surface area (Å²) in [5.74, 6) is -1.23. The van der Waals surface area contributed by atoms with Gasteiger partial charge >= 0.3 is 13.6 Å². The maximum absolute atomic E-state index is 10.8. The van der Waals surface area contributed by atoms with Gasteiger partial charge in [0.1, 0.15) is 11.8 Å². The van der Waals surface area contributed by atoms with Gasteiger partial charge in [-0.15, -0.1) is 0 Å². The van der Waals surface area contributed by atoms with E-state index in [4.69, 9.17) is 20.6 Å². The van der Waals surface area contributed by atoms with Crippen molar-refractivity contribution in [1.29, 1.82) is 0 Å². The molecule has 1 rings (SSSR count). The van der Waals surface area contributed by atoms with E-state index in [-0.39, 0.29) is 24.8 Å². The van der Waals surface area contributed by atoms with Gasteiger partial charge in [-0.25, -0.2) is 0 Å². The monoisotopic (exact) mass is 289 g/mol. The van der Waals surface area contributed by atoms with Crippen LogP contribution >= 0.6 is 7.60 Å². The first kappa shape index (κ1) is 15.7. The number of phenolic OH excluding ortho intramolecular Hbond substituents is 1. The molecule has 0 saturated carbocycles. The molecule has 0 amide bonds. The Bertz CT molecular complexity index is 512. The Morgan fingerprint density at radius 2 is 1.95 bits per heavy atom. The Hall–Kier alpha value is -1.40. The maximum atomic E-state index is 10.8. The van der Waals surface area contributed by atoms with Crippen molar-refractivity contribution in [3.8, 4) is 5.75 Å². The van der Waals surface area contributed by atoms with Crippen LogP contribution in [0.2, 0.25) is 0 Å². The zero-order valence-corrected chi connectivity index (χ0v) is 11.0. The van der Waals surface area contributed by atoms with Crippen LogP contribution in [0.1, 0.15) is 11.1 Å². The number of hydrogen-bond donors (Lipinski definition) is 5. The highest BCUT2D eigenvalue weighted by atomic mass is 31.2. The molecule has 106 valence electrons. The maximum Gasteiger partial charge on any atom is 0.325 e. The second-order valence-corrected chi connectivity index (χ2v) is 6.02. The Labute approximate surface area is 109 Å². The van der Waals surface area contributed by atoms with E-state index in [0.717, 1.165) is 0 Å². The summed E-state index contributed by atoms with van der Waals surface area (Å²) in [4.78, 5) is 28.4. The zero-order valence-electron chi connectivity index (χ0n) is 10.1. The van der Waals surface area contributed by atoms with E-state index in [2.05, 4.69) is 0 Å². The third-order valence-electron chi connectivity index (χ3n) is 2.62. The van der Waals surface area contributed by atoms with E-state index in [0.29, 0.717) is 11.1 Å². The van der Waals surface area contributed by atoms with Gasteiger partial charge in [-0.05, 0) is 36.1 Å². The highest BCUT2D eigenvalue weighted by molar-refractivity contribution is 7.51. The summed E-state index contributed by atoms with van der Waals surface area (Å²) in [5, 5.41) is 18.1. The Kier molecular flexibility index (Phi) is 5.08. The lowest BCUT2D eigenvalue weighted by Crippen LogP contribution is -2.32. The topological polar surface area (TPSA) is 141 Å². The van der Waals surface area contributed by atoms with Crippen LogP contribution in [0.15, 0.2) is 18.2 Å². The summed E-state index contributed by atoms with van der Waals surface area (Å²) in [5.41, 5.74) is 6.46. The number of rotatable bonds is 6. The lowest BCUT2D eigenvalue weighted by molar-refractivity contribution is -0.138. The quantitative estimate of drug-likeness (QED) is 0.466. The first-order valence-corrected chi connectivity index (χ1v) is 7.32. The van der Waals surface area contributed by atoms with E-state index in [1.54, 1.807) is 0 Å². The van der Waals surface area contributed by atoms with Crippen LogP contribution in [0.5, 0.6) is 5.75 Å². The minimum Gasteiger partial charge on any atom is -0.508 e. The van der Waals surface area contributed by atoms with Gasteiger partial charge in [0.2, 0.25) is 0 Å². The molecule has 0 unspecified atom stereocenters. The molecule has 0 aliphatic carbocycles. The summed E-state index contributed by atoms with van der Waals surface area (Å²) >= 11 is 0. The highest BCUT2D eigenvalue weighted by Crippen LogP contribution is 2.35. The second-order valence-electron chi connectivity index (χ2n) is 4.24. The fourth-order valence-corrected chi connectivity index (χ4v) is 2.17. The number of carboxylic acid groups (broad SMARTS) is 1. The third kappa shape index (κ3) is 5.40. The van der Waals surface area contributed by atoms with Gasteiger partial charge in [0, 0.05) is 0 Å². The molecule has 8 heteroatoms. The molecule has 0 aliphatic rings. The van der Waals surface area contributed by atoms with Gasteiger partial charge in [0.15, 0.2) is 0 Å². The molecule has 0 spiro atoms. The smallest absolute Gasteiger partial charge is 0.325 e. The summed E-state index contributed by atoms with van der Waals surface area (Å²) in [6, 6.07) is 3.12. The lowest BCUT2D eigenvalue weighted by atomic mass is 9.98. The molecule has 1 atom stereocenters. The molecular weight excluding hydrogens is 273 g/mol. The van der Waals surface area contributed by atoms with Crippen LogP contribution in [0.25, 0.3) is 0 Å². The van der Waals surface area contributed by atoms with Crippen molar-refractivity contribution >= 4 is 13.6 Å². The van der Waals surface area contributed by atoms with Gasteiger partial charge in [0.05, 0.1) is 6.16 Å². The first-order valence-electron chi connectivity index (χ1n) is 5.53. The van der Waals surface area contributed by atoms with Crippen LogP contribution in [0.3, 0.4) is 0 Å². The summed E-state index contributed by atoms with van der Waals surface area (Å²) in [7, 11) is -4.13. The molecule has 0 fully saturated rings. The minimum absolute atomic E-state index is 0.0137. The van der Waals surface area contributed by atoms with Crippen molar-refractivity contribution in [3.63, 3.8) is 0 Å². The number of hydrogen-bond acceptors (Lipinski definition) is 4. The van der Waals surface area contributed by atoms with E-state index in [1.807, 2.05) is 0 Å². The van der Waals surface area contributed by atoms with E-state index >= 15 is 0 Å². The van der Waals surface area contributed by atoms with E-state index in [9.17, 15) is 14.5 Å². The van der Waals surface area contributed by atoms with Crippen molar-refractivity contribution < 1.29 is 29.4 Å². The minimum atomic E-state index is -4.13. The largest absolute Gasteiger partial charge is 0.508 e. The van der Waals surface area contributed by atoms with Crippen molar-refractivity contribution in [2.24, 2.45) is 5.73 Å². The highest BCUT2D eigenvalue weighted by Gasteiger charge is 2.18. The number of carboxylic acids is 1. The van der Waals surface area contributed by atoms with Crippen molar-refractivity contribution in [2.45, 2.75) is 18.9 Å². The third-order valence-corrected chi connectivity index (χ3v) is 3.43. The normalized spacial score (nSPS) is 13.2. The summed E-state index contributed by atoms with van der Waals surface area (Å²) in [6.07, 6.45) is -0.264. The van der Waals surface area contributed by atoms with Gasteiger partial charge < -0.3 is 25.7 Å². The molecule has 0 radical (unpaired) electrons. The first-order chi connectivity index (χ1) is 8.69. The molecular formula is C11H16NO6P. The average Bonchev–Trinajstić information content (AvgIpc) is 2.26. The molecule has 0 saturated heterocycles. The van der Waals surface area contributed by atoms with Crippen molar-refractivity contribution in [1.82, 2.24) is 0 Å². The molecule has 1 aromatic carbocycles. The number of carbonyl (C=O) groups is 1. The Morgan fingerprint density at radius 1 is 1.32 bits per heavy atom. The molecule has 0 bridgehead atoms. The molecule has 0 aromatic heterocycles. The average molecular weight is 289 g/mol. The number of benzene rings is 1. The summed E-state index contributed by atoms with van der Waals surface area (Å²) < 4.78 is 10.8. The molecule has 6 N–H and O–H groups in total. The van der Waals surface area contributed by atoms with Gasteiger partial charge in [-0.1, -0.05) is 6.07 Å². The Balaban J connectivity index is 2.91. The fraction of sp³-hybridized carbons (Fsp3) is 0.364. The predicted molar refractivity (Wildman–Crippen MR) is 68.0 cm³/mol. The van der Waals surface area contributed by atoms with Gasteiger partial charge in [-0.2, -0.15) is 0 Å². The van der Waals surface area contributed by atoms with Crippen LogP contribution in [0.4, 0.5) is 0 Å². The zero-order chi connectivity index (χ0) is 14.6. The van der Waals surface area contributed by atoms with Gasteiger partial charge in [0.25, 0.3) is 0 Å². The van der Waals surface area contributed by atoms with Crippen LogP contribution in [-0.4, -0.2) is 38.2 Å². The van der Waals surface area contributed by atoms with Crippen LogP contribution in [0, 0.1) is 0 Å². The second kappa shape index (κ2) is 6.16. The van der Waals surface area contributed by atoms with Crippen LogP contribution in [-0.2, 0) is 22.2 Å². The van der Waals surface area contributed by atoms with Crippen molar-refractivity contribution in [2.75, 3.05) is 6.16 Å². The van der Waals surface area contributed by atoms with E-state index < -0.39 is 19.6 Å². The number of phenols is 1. The Morgan fingerprint density at radius 3 is 2.47 bits per heavy atom. The fourth-order valence-electron chi connectivity index (χ4n) is 1.64. The predicted octanol–water partition coefficient (Wildman–Crippen LogP) is 0.0668. The van der Waals surface area contributed by atoms with E-state index in [1.165, 1.54) is 18.2 Å². The number of aryl methyl sites for hydroxylation is 1. The number of nitrogens with two attached hydrogens (primary N) is 1. The van der Waals surface area contributed by atoms with Gasteiger partial charge in [-0.3, -0.25) is 9.36 Å². The SMILES string of the molecule is N[C@@H](Cc1cc(O)ccc1CCP(=O)(O)O)C(=O)O. The molecule has 0 aliphatic heterocycles. The standard InChI is InChI=1S/C11H16NO6P/c12-10(11(14)15)6-8-5-9(13)2-1-7(8)3-4-19(16,17)18/h1-2,5,10,13H,3-4,6,12H2,(H,14,15)(H2,16,17,18)/t10-/m0/s1. The van der Waals surface area contributed by atoms with Crippen molar-refractivity contribution in [3.05, 3.63) is 29.3 Å². The molecule has 1 aromatic rings. The summed E-state index contributed by atoms with van der Waals surface area (Å²) in [6.45, 7) is 0. The molecule has 19 heavy (non-hydrogen) atoms. The number of aromatic hydroxyl groups is 1. The van der Waals surface area contributed by atoms with Crippen LogP contribution < -0.4 is 5.73 Å². The molecule has 7 nitrogen and oxygen atoms in total. The lowest BCUT2D eigenvalue weighted by Gasteiger charge is -2.13. The molecule has 0 heterocycles.